The van der Waals surface area contributed by atoms with Crippen LogP contribution in [0.15, 0.2) is 244 Å². The van der Waals surface area contributed by atoms with Crippen LogP contribution in [0, 0.1) is 0 Å². The number of fused-ring (bicyclic) bond motifs is 3. The van der Waals surface area contributed by atoms with E-state index in [9.17, 15) is 0 Å². The Hall–Kier alpha value is -6.21. The fourth-order valence-electron chi connectivity index (χ4n) is 7.96. The van der Waals surface area contributed by atoms with Crippen molar-refractivity contribution >= 4 is 95.5 Å². The van der Waals surface area contributed by atoms with Crippen LogP contribution in [0.2, 0.25) is 0 Å². The summed E-state index contributed by atoms with van der Waals surface area (Å²) in [5, 5.41) is 23.0. The summed E-state index contributed by atoms with van der Waals surface area (Å²) in [5.74, 6) is 0. The van der Waals surface area contributed by atoms with E-state index in [4.69, 9.17) is 19.4 Å². The molecule has 0 amide bonds. The first kappa shape index (κ1) is 56.5. The first-order chi connectivity index (χ1) is 36.3. The van der Waals surface area contributed by atoms with Gasteiger partial charge in [0.1, 0.15) is 0 Å². The third kappa shape index (κ3) is 16.4. The Balaban J connectivity index is 0.000000133. The molecule has 0 unspecified atom stereocenters. The number of pyridine rings is 2. The quantitative estimate of drug-likeness (QED) is 0.151. The Kier molecular flexibility index (Phi) is 21.2. The fraction of sp³-hybridized carbons (Fsp3) is 0.143. The maximum atomic E-state index is 8.58. The van der Waals surface area contributed by atoms with E-state index < -0.39 is 7.12 Å². The van der Waals surface area contributed by atoms with Crippen molar-refractivity contribution in [2.75, 3.05) is 11.9 Å². The lowest BCUT2D eigenvalue weighted by atomic mass is 9.81. The van der Waals surface area contributed by atoms with Gasteiger partial charge >= 0.3 is 14.8 Å². The molecule has 12 rings (SSSR count). The van der Waals surface area contributed by atoms with Crippen LogP contribution in [-0.2, 0) is 15.7 Å². The average molecular weight is 1180 g/mol. The molecule has 0 bridgehead atoms. The van der Waals surface area contributed by atoms with E-state index >= 15 is 0 Å². The van der Waals surface area contributed by atoms with Gasteiger partial charge in [0.25, 0.3) is 0 Å². The molecule has 0 aliphatic carbocycles. The predicted octanol–water partition coefficient (Wildman–Crippen LogP) is 16.0. The third-order valence-electron chi connectivity index (χ3n) is 12.7. The summed E-state index contributed by atoms with van der Waals surface area (Å²) in [6.07, 6.45) is 6.05. The zero-order chi connectivity index (χ0) is 53.0. The van der Waals surface area contributed by atoms with Crippen molar-refractivity contribution in [3.63, 3.8) is 0 Å². The molecule has 75 heavy (non-hydrogen) atoms. The molecule has 3 N–H and O–H groups in total. The summed E-state index contributed by atoms with van der Waals surface area (Å²) in [6.45, 7) is 9.14. The molecule has 0 spiro atoms. The minimum Gasteiger partial charge on any atom is -0.423 e. The van der Waals surface area contributed by atoms with Crippen molar-refractivity contribution < 1.29 is 19.4 Å². The summed E-state index contributed by atoms with van der Waals surface area (Å²) in [4.78, 5) is 8.58. The largest absolute Gasteiger partial charge is 0.488 e. The van der Waals surface area contributed by atoms with E-state index in [0.717, 1.165) is 36.4 Å². The van der Waals surface area contributed by atoms with Gasteiger partial charge in [-0.2, -0.15) is 0 Å². The van der Waals surface area contributed by atoms with E-state index in [-0.39, 0.29) is 11.2 Å². The van der Waals surface area contributed by atoms with E-state index in [1.165, 1.54) is 70.5 Å². The van der Waals surface area contributed by atoms with Crippen LogP contribution in [0.3, 0.4) is 0 Å². The number of nitrogens with zero attached hydrogens (tertiary/aromatic N) is 2. The molecule has 0 saturated carbocycles. The highest BCUT2D eigenvalue weighted by molar-refractivity contribution is 9.11. The Labute approximate surface area is 468 Å². The number of aromatic nitrogens is 2. The molecule has 1 fully saturated rings. The molecule has 4 heterocycles. The van der Waals surface area contributed by atoms with Crippen LogP contribution < -0.4 is 10.8 Å². The number of hydrogen-bond donors (Lipinski definition) is 3. The minimum absolute atomic E-state index is 0.187. The zero-order valence-corrected chi connectivity index (χ0v) is 47.2. The summed E-state index contributed by atoms with van der Waals surface area (Å²) < 4.78 is 13.7. The smallest absolute Gasteiger partial charge is 0.423 e. The number of hydrogen-bond acceptors (Lipinski definition) is 7. The second-order valence-corrected chi connectivity index (χ2v) is 21.1. The van der Waals surface area contributed by atoms with Gasteiger partial charge < -0.3 is 24.7 Å². The predicted molar refractivity (Wildman–Crippen MR) is 325 cm³/mol. The first-order valence-electron chi connectivity index (χ1n) is 24.7. The lowest BCUT2D eigenvalue weighted by Crippen LogP contribution is -2.41. The van der Waals surface area contributed by atoms with Gasteiger partial charge in [-0.25, -0.2) is 0 Å². The highest BCUT2D eigenvalue weighted by Gasteiger charge is 2.44. The highest BCUT2D eigenvalue weighted by atomic mass is 79.9. The van der Waals surface area contributed by atoms with Crippen molar-refractivity contribution in [2.24, 2.45) is 0 Å². The van der Waals surface area contributed by atoms with Crippen molar-refractivity contribution in [1.82, 2.24) is 9.97 Å². The molecule has 7 nitrogen and oxygen atoms in total. The van der Waals surface area contributed by atoms with Crippen LogP contribution in [0.4, 0.5) is 5.69 Å². The Morgan fingerprint density at radius 3 is 1.49 bits per heavy atom. The van der Waals surface area contributed by atoms with Gasteiger partial charge in [0, 0.05) is 48.8 Å². The Bertz CT molecular complexity index is 3290. The zero-order valence-electron chi connectivity index (χ0n) is 42.5. The van der Waals surface area contributed by atoms with E-state index in [0.29, 0.717) is 5.46 Å². The molecule has 8 aromatic carbocycles. The lowest BCUT2D eigenvalue weighted by Gasteiger charge is -2.32. The molecule has 0 atom stereocenters. The Morgan fingerprint density at radius 2 is 0.973 bits per heavy atom. The van der Waals surface area contributed by atoms with Gasteiger partial charge in [-0.1, -0.05) is 212 Å². The van der Waals surface area contributed by atoms with Crippen LogP contribution in [0.5, 0.6) is 0 Å². The maximum absolute atomic E-state index is 8.58. The van der Waals surface area contributed by atoms with Crippen molar-refractivity contribution in [1.29, 1.82) is 0 Å². The number of nitrogens with one attached hydrogen (secondary N) is 1. The van der Waals surface area contributed by atoms with Gasteiger partial charge in [-0.3, -0.25) is 9.97 Å². The summed E-state index contributed by atoms with van der Waals surface area (Å²) in [5.41, 5.74) is 12.6. The van der Waals surface area contributed by atoms with Crippen LogP contribution in [0.25, 0.3) is 55.2 Å². The average Bonchev–Trinajstić information content (AvgIpc) is 3.70. The minimum atomic E-state index is -1.34. The molecule has 2 aliphatic heterocycles. The number of halogens is 3. The van der Waals surface area contributed by atoms with Crippen molar-refractivity contribution in [3.05, 3.63) is 250 Å². The summed E-state index contributed by atoms with van der Waals surface area (Å²) in [6, 6.07) is 73.2. The monoisotopic (exact) mass is 1180 g/mol. The third-order valence-corrected chi connectivity index (χ3v) is 14.3. The number of benzene rings is 8. The number of rotatable bonds is 4. The highest BCUT2D eigenvalue weighted by Crippen LogP contribution is 2.34. The summed E-state index contributed by atoms with van der Waals surface area (Å²) >= 11 is 10.4. The van der Waals surface area contributed by atoms with Crippen LogP contribution in [0.1, 0.15) is 39.7 Å². The van der Waals surface area contributed by atoms with E-state index in [1.54, 1.807) is 30.5 Å². The SMILES string of the molecule is Brc1cc(Br)cc(-c2ccccc2)c1.Brc1cccc2ncccc12.CC1(C)O[B]OC1(C)C.OB(O)c1ccccc1.c1ccc(-c2cccc3c2CCCN3)cc1.c1ccc(-c2cccc3ncccc23)cc1. The molecule has 2 aliphatic rings. The molecular weight excluding hydrogens is 1120 g/mol. The van der Waals surface area contributed by atoms with Crippen LogP contribution >= 0.6 is 47.8 Å². The van der Waals surface area contributed by atoms with E-state index in [2.05, 4.69) is 178 Å². The Morgan fingerprint density at radius 1 is 0.493 bits per heavy atom. The van der Waals surface area contributed by atoms with Crippen LogP contribution in [-0.4, -0.2) is 52.6 Å². The van der Waals surface area contributed by atoms with Gasteiger partial charge in [0.2, 0.25) is 0 Å². The summed E-state index contributed by atoms with van der Waals surface area (Å²) in [7, 11) is 0.0752. The first-order valence-corrected chi connectivity index (χ1v) is 27.1. The van der Waals surface area contributed by atoms with Gasteiger partial charge in [0.05, 0.1) is 22.2 Å². The molecule has 1 saturated heterocycles. The van der Waals surface area contributed by atoms with Crippen molar-refractivity contribution in [3.8, 4) is 33.4 Å². The van der Waals surface area contributed by atoms with Gasteiger partial charge in [-0.15, -0.1) is 0 Å². The standard InChI is InChI=1S/C15H15N.C15H11N.C12H8Br2.C9H6BrN.C6H12BO2.C6H7BO2/c2*1-2-6-12(7-3-1)13-8-4-10-15-14(13)9-5-11-16-15;13-11-6-10(7-12(14)8-11)9-4-2-1-3-5-9;10-8-4-1-5-9-7(8)3-2-6-11-9;1-5(2)6(3,4)9-7-8-5;8-7(9)6-4-2-1-3-5-6/h1-4,6-8,10,16H,5,9,11H2;1-11H;1-8H;1-6H;1-4H3;1-5,8-9H. The molecular formula is C63H59B2Br3N3O4. The van der Waals surface area contributed by atoms with E-state index in [1.807, 2.05) is 113 Å². The molecule has 1 radical (unpaired) electrons. The maximum Gasteiger partial charge on any atom is 0.488 e. The molecule has 10 aromatic rings. The lowest BCUT2D eigenvalue weighted by molar-refractivity contribution is 0.00578. The second kappa shape index (κ2) is 28.1. The van der Waals surface area contributed by atoms with Crippen molar-refractivity contribution in [2.45, 2.75) is 51.7 Å². The topological polar surface area (TPSA) is 96.7 Å². The molecule has 2 aromatic heterocycles. The second-order valence-electron chi connectivity index (χ2n) is 18.4. The fourth-order valence-corrected chi connectivity index (χ4v) is 9.74. The molecule has 377 valence electrons. The van der Waals surface area contributed by atoms with Gasteiger partial charge in [-0.05, 0) is 140 Å². The molecule has 12 heteroatoms. The number of anilines is 1. The van der Waals surface area contributed by atoms with Gasteiger partial charge in [0.15, 0.2) is 0 Å². The normalized spacial score (nSPS) is 13.3.